The number of nitrogens with two attached hydrogens (primary N) is 1. The zero-order valence-corrected chi connectivity index (χ0v) is 11.6. The predicted octanol–water partition coefficient (Wildman–Crippen LogP) is 1.18. The highest BCUT2D eigenvalue weighted by atomic mass is 16.1. The molecule has 2 aromatic rings. The predicted molar refractivity (Wildman–Crippen MR) is 79.1 cm³/mol. The number of aromatic nitrogens is 2. The molecule has 0 saturated heterocycles. The van der Waals surface area contributed by atoms with Crippen molar-refractivity contribution in [1.82, 2.24) is 9.55 Å². The van der Waals surface area contributed by atoms with Crippen molar-refractivity contribution in [2.75, 3.05) is 6.54 Å². The molecule has 0 atom stereocenters. The molecule has 108 valence electrons. The first-order valence-corrected chi connectivity index (χ1v) is 6.71. The van der Waals surface area contributed by atoms with Crippen LogP contribution in [0.15, 0.2) is 36.8 Å². The van der Waals surface area contributed by atoms with E-state index >= 15 is 0 Å². The summed E-state index contributed by atoms with van der Waals surface area (Å²) in [7, 11) is 0. The lowest BCUT2D eigenvalue weighted by molar-refractivity contribution is 0.0995. The van der Waals surface area contributed by atoms with E-state index < -0.39 is 0 Å². The fourth-order valence-electron chi connectivity index (χ4n) is 2.53. The van der Waals surface area contributed by atoms with Gasteiger partial charge in [-0.05, 0) is 18.2 Å². The van der Waals surface area contributed by atoms with Gasteiger partial charge in [0.15, 0.2) is 5.78 Å². The minimum atomic E-state index is -0.248. The second-order valence-electron chi connectivity index (χ2n) is 4.89. The molecule has 0 fully saturated rings. The van der Waals surface area contributed by atoms with Gasteiger partial charge in [-0.25, -0.2) is 0 Å². The van der Waals surface area contributed by atoms with Crippen LogP contribution in [0, 0.1) is 11.3 Å². The zero-order valence-electron chi connectivity index (χ0n) is 11.6. The number of Topliss-reactive ketones (excluding diaryl/α,β-unsaturated/α-hetero) is 1. The highest BCUT2D eigenvalue weighted by molar-refractivity contribution is 6.38. The van der Waals surface area contributed by atoms with E-state index in [1.807, 2.05) is 6.07 Å². The first-order chi connectivity index (χ1) is 10.7. The lowest BCUT2D eigenvalue weighted by Crippen LogP contribution is -2.20. The van der Waals surface area contributed by atoms with Crippen LogP contribution in [0.25, 0.3) is 5.57 Å². The Morgan fingerprint density at radius 3 is 2.86 bits per heavy atom. The van der Waals surface area contributed by atoms with Crippen LogP contribution < -0.4 is 5.73 Å². The number of hydrogen-bond donors (Lipinski definition) is 1. The minimum Gasteiger partial charge on any atom is -0.343 e. The van der Waals surface area contributed by atoms with Crippen molar-refractivity contribution in [3.63, 3.8) is 0 Å². The summed E-state index contributed by atoms with van der Waals surface area (Å²) in [5, 5.41) is 8.92. The summed E-state index contributed by atoms with van der Waals surface area (Å²) in [4.78, 5) is 28.9. The lowest BCUT2D eigenvalue weighted by atomic mass is 9.90. The number of nitriles is 1. The molecular weight excluding hydrogens is 280 g/mol. The number of fused-ring (bicyclic) bond motifs is 1. The maximum absolute atomic E-state index is 12.6. The number of hydrogen-bond acceptors (Lipinski definition) is 5. The van der Waals surface area contributed by atoms with E-state index in [0.29, 0.717) is 35.5 Å². The van der Waals surface area contributed by atoms with Crippen LogP contribution in [0.5, 0.6) is 0 Å². The molecule has 0 aliphatic heterocycles. The van der Waals surface area contributed by atoms with Crippen LogP contribution in [0.2, 0.25) is 0 Å². The molecule has 6 heteroatoms. The van der Waals surface area contributed by atoms with Crippen LogP contribution in [-0.4, -0.2) is 27.7 Å². The summed E-state index contributed by atoms with van der Waals surface area (Å²) in [6.45, 7) is 0.857. The fraction of sp³-hybridized carbons (Fsp3) is 0.125. The highest BCUT2D eigenvalue weighted by Crippen LogP contribution is 2.28. The van der Waals surface area contributed by atoms with Gasteiger partial charge in [0.1, 0.15) is 11.8 Å². The SMILES string of the molecule is N#Cc1cncc(C2=CC(=O)c3c(ccn3CCN)C2=O)c1. The van der Waals surface area contributed by atoms with E-state index in [9.17, 15) is 9.59 Å². The molecule has 0 unspecified atom stereocenters. The number of carbonyl (C=O) groups excluding carboxylic acids is 2. The Balaban J connectivity index is 2.08. The monoisotopic (exact) mass is 292 g/mol. The summed E-state index contributed by atoms with van der Waals surface area (Å²) in [6.07, 6.45) is 5.87. The first-order valence-electron chi connectivity index (χ1n) is 6.71. The second kappa shape index (κ2) is 5.39. The number of carbonyl (C=O) groups is 2. The molecule has 2 aromatic heterocycles. The normalized spacial score (nSPS) is 13.5. The Morgan fingerprint density at radius 2 is 2.14 bits per heavy atom. The van der Waals surface area contributed by atoms with Crippen molar-refractivity contribution >= 4 is 17.1 Å². The van der Waals surface area contributed by atoms with Crippen LogP contribution in [0.4, 0.5) is 0 Å². The van der Waals surface area contributed by atoms with Crippen LogP contribution in [-0.2, 0) is 6.54 Å². The van der Waals surface area contributed by atoms with Crippen molar-refractivity contribution < 1.29 is 9.59 Å². The molecule has 1 aliphatic carbocycles. The van der Waals surface area contributed by atoms with E-state index in [1.165, 1.54) is 18.5 Å². The van der Waals surface area contributed by atoms with Crippen molar-refractivity contribution in [2.24, 2.45) is 5.73 Å². The Hall–Kier alpha value is -3.04. The van der Waals surface area contributed by atoms with E-state index in [0.717, 1.165) is 0 Å². The molecule has 0 radical (unpaired) electrons. The molecule has 2 N–H and O–H groups in total. The van der Waals surface area contributed by atoms with Gasteiger partial charge in [0.25, 0.3) is 0 Å². The standard InChI is InChI=1S/C16H12N4O2/c17-2-4-20-3-1-12-15(20)14(21)6-13(16(12)22)11-5-10(7-18)8-19-9-11/h1,3,5-6,8-9H,2,4,17H2. The third-order valence-electron chi connectivity index (χ3n) is 3.51. The second-order valence-corrected chi connectivity index (χ2v) is 4.89. The van der Waals surface area contributed by atoms with Gasteiger partial charge in [0, 0.05) is 42.8 Å². The van der Waals surface area contributed by atoms with E-state index in [1.54, 1.807) is 22.9 Å². The minimum absolute atomic E-state index is 0.245. The summed E-state index contributed by atoms with van der Waals surface area (Å²) in [5.41, 5.74) is 7.30. The van der Waals surface area contributed by atoms with Crippen molar-refractivity contribution in [3.05, 3.63) is 59.2 Å². The van der Waals surface area contributed by atoms with E-state index in [4.69, 9.17) is 11.0 Å². The Kier molecular flexibility index (Phi) is 3.41. The van der Waals surface area contributed by atoms with Gasteiger partial charge in [0.05, 0.1) is 11.1 Å². The average Bonchev–Trinajstić information content (AvgIpc) is 2.96. The van der Waals surface area contributed by atoms with Crippen LogP contribution >= 0.6 is 0 Å². The van der Waals surface area contributed by atoms with Crippen LogP contribution in [0.3, 0.4) is 0 Å². The number of allylic oxidation sites excluding steroid dienone is 2. The zero-order chi connectivity index (χ0) is 15.7. The van der Waals surface area contributed by atoms with Crippen molar-refractivity contribution in [2.45, 2.75) is 6.54 Å². The molecule has 0 spiro atoms. The molecule has 22 heavy (non-hydrogen) atoms. The summed E-state index contributed by atoms with van der Waals surface area (Å²) < 4.78 is 1.69. The summed E-state index contributed by atoms with van der Waals surface area (Å²) in [5.74, 6) is -0.493. The molecule has 3 rings (SSSR count). The number of pyridine rings is 1. The topological polar surface area (TPSA) is 102 Å². The van der Waals surface area contributed by atoms with Gasteiger partial charge in [-0.2, -0.15) is 5.26 Å². The highest BCUT2D eigenvalue weighted by Gasteiger charge is 2.29. The Bertz CT molecular complexity index is 855. The van der Waals surface area contributed by atoms with Gasteiger partial charge in [-0.1, -0.05) is 0 Å². The number of ketones is 2. The quantitative estimate of drug-likeness (QED) is 0.915. The first kappa shape index (κ1) is 13.9. The van der Waals surface area contributed by atoms with E-state index in [-0.39, 0.29) is 17.1 Å². The largest absolute Gasteiger partial charge is 0.343 e. The maximum atomic E-state index is 12.6. The third kappa shape index (κ3) is 2.14. The van der Waals surface area contributed by atoms with Crippen LogP contribution in [0.1, 0.15) is 32.0 Å². The molecule has 0 amide bonds. The number of rotatable bonds is 3. The third-order valence-corrected chi connectivity index (χ3v) is 3.51. The Labute approximate surface area is 126 Å². The number of nitrogens with zero attached hydrogens (tertiary/aromatic N) is 3. The average molecular weight is 292 g/mol. The van der Waals surface area contributed by atoms with Gasteiger partial charge in [-0.3, -0.25) is 14.6 Å². The summed E-state index contributed by atoms with van der Waals surface area (Å²) >= 11 is 0. The summed E-state index contributed by atoms with van der Waals surface area (Å²) in [6, 6.07) is 5.14. The molecular formula is C16H12N4O2. The smallest absolute Gasteiger partial charge is 0.203 e. The maximum Gasteiger partial charge on any atom is 0.203 e. The van der Waals surface area contributed by atoms with Gasteiger partial charge in [0.2, 0.25) is 5.78 Å². The molecule has 1 aliphatic rings. The fourth-order valence-corrected chi connectivity index (χ4v) is 2.53. The molecule has 6 nitrogen and oxygen atoms in total. The van der Waals surface area contributed by atoms with Gasteiger partial charge >= 0.3 is 0 Å². The molecule has 0 saturated carbocycles. The van der Waals surface area contributed by atoms with E-state index in [2.05, 4.69) is 4.98 Å². The van der Waals surface area contributed by atoms with Gasteiger partial charge in [-0.15, -0.1) is 0 Å². The molecule has 0 bridgehead atoms. The van der Waals surface area contributed by atoms with Crippen molar-refractivity contribution in [3.8, 4) is 6.07 Å². The molecule has 0 aromatic carbocycles. The van der Waals surface area contributed by atoms with Gasteiger partial charge < -0.3 is 10.3 Å². The Morgan fingerprint density at radius 1 is 1.32 bits per heavy atom. The lowest BCUT2D eigenvalue weighted by Gasteiger charge is -2.14. The molecule has 2 heterocycles. The van der Waals surface area contributed by atoms with Crippen molar-refractivity contribution in [1.29, 1.82) is 5.26 Å².